The van der Waals surface area contributed by atoms with Gasteiger partial charge in [-0.15, -0.1) is 0 Å². The summed E-state index contributed by atoms with van der Waals surface area (Å²) in [5.74, 6) is -1.05. The Balaban J connectivity index is 1.73. The maximum atomic E-state index is 13.3. The lowest BCUT2D eigenvalue weighted by molar-refractivity contribution is -0.141. The smallest absolute Gasteiger partial charge is 0.269 e. The van der Waals surface area contributed by atoms with Gasteiger partial charge < -0.3 is 10.2 Å². The second kappa shape index (κ2) is 11.5. The van der Waals surface area contributed by atoms with Crippen LogP contribution >= 0.6 is 0 Å². The van der Waals surface area contributed by atoms with Gasteiger partial charge in [-0.05, 0) is 43.9 Å². The van der Waals surface area contributed by atoms with Crippen LogP contribution in [0.5, 0.6) is 0 Å². The molecule has 1 aliphatic rings. The molecule has 35 heavy (non-hydrogen) atoms. The molecule has 0 bridgehead atoms. The van der Waals surface area contributed by atoms with E-state index >= 15 is 0 Å². The van der Waals surface area contributed by atoms with E-state index in [1.165, 1.54) is 12.1 Å². The molecular formula is C26H33N3O5S. The molecule has 0 radical (unpaired) electrons. The van der Waals surface area contributed by atoms with Crippen molar-refractivity contribution < 1.29 is 22.8 Å². The second-order valence-electron chi connectivity index (χ2n) is 8.73. The summed E-state index contributed by atoms with van der Waals surface area (Å²) in [6.07, 6.45) is 1.38. The largest absolute Gasteiger partial charge is 0.352 e. The van der Waals surface area contributed by atoms with Gasteiger partial charge in [0, 0.05) is 25.6 Å². The average molecular weight is 500 g/mol. The molecule has 3 rings (SSSR count). The Morgan fingerprint density at radius 2 is 1.66 bits per heavy atom. The lowest BCUT2D eigenvalue weighted by Gasteiger charge is -2.31. The van der Waals surface area contributed by atoms with Gasteiger partial charge in [-0.3, -0.25) is 14.4 Å². The Hall–Kier alpha value is -3.20. The monoisotopic (exact) mass is 499 g/mol. The van der Waals surface area contributed by atoms with Crippen LogP contribution in [0.15, 0.2) is 59.5 Å². The van der Waals surface area contributed by atoms with Gasteiger partial charge >= 0.3 is 0 Å². The van der Waals surface area contributed by atoms with E-state index in [1.807, 2.05) is 51.1 Å². The molecule has 2 atom stereocenters. The highest BCUT2D eigenvalue weighted by Gasteiger charge is 2.40. The highest BCUT2D eigenvalue weighted by atomic mass is 32.2. The average Bonchev–Trinajstić information content (AvgIpc) is 3.05. The van der Waals surface area contributed by atoms with E-state index < -0.39 is 22.0 Å². The first kappa shape index (κ1) is 26.4. The molecule has 1 heterocycles. The van der Waals surface area contributed by atoms with E-state index in [2.05, 4.69) is 5.32 Å². The number of fused-ring (bicyclic) bond motifs is 1. The number of nitrogens with zero attached hydrogens (tertiary/aromatic N) is 2. The van der Waals surface area contributed by atoms with Gasteiger partial charge in [0.05, 0.1) is 5.56 Å². The summed E-state index contributed by atoms with van der Waals surface area (Å²) in [7, 11) is -3.92. The maximum absolute atomic E-state index is 13.3. The zero-order valence-electron chi connectivity index (χ0n) is 20.4. The Morgan fingerprint density at radius 3 is 2.29 bits per heavy atom. The number of sulfonamides is 1. The topological polar surface area (TPSA) is 104 Å². The minimum absolute atomic E-state index is 0.00482. The fraction of sp³-hybridized carbons (Fsp3) is 0.423. The van der Waals surface area contributed by atoms with Crippen LogP contribution < -0.4 is 5.32 Å². The number of rotatable bonds is 11. The quantitative estimate of drug-likeness (QED) is 0.511. The molecular weight excluding hydrogens is 466 g/mol. The maximum Gasteiger partial charge on any atom is 0.269 e. The lowest BCUT2D eigenvalue weighted by atomic mass is 10.1. The van der Waals surface area contributed by atoms with E-state index in [1.54, 1.807) is 17.0 Å². The van der Waals surface area contributed by atoms with Crippen molar-refractivity contribution in [3.05, 3.63) is 65.7 Å². The predicted molar refractivity (Wildman–Crippen MR) is 133 cm³/mol. The third-order valence-electron chi connectivity index (χ3n) is 6.25. The number of hydrogen-bond acceptors (Lipinski definition) is 5. The zero-order valence-corrected chi connectivity index (χ0v) is 21.3. The van der Waals surface area contributed by atoms with Gasteiger partial charge in [-0.2, -0.15) is 0 Å². The molecule has 0 saturated heterocycles. The van der Waals surface area contributed by atoms with E-state index in [-0.39, 0.29) is 54.2 Å². The third kappa shape index (κ3) is 5.90. The summed E-state index contributed by atoms with van der Waals surface area (Å²) in [6.45, 7) is 5.91. The highest BCUT2D eigenvalue weighted by Crippen LogP contribution is 2.30. The summed E-state index contributed by atoms with van der Waals surface area (Å²) in [4.78, 5) is 40.5. The van der Waals surface area contributed by atoms with Gasteiger partial charge in [-0.1, -0.05) is 56.3 Å². The van der Waals surface area contributed by atoms with Crippen molar-refractivity contribution in [3.63, 3.8) is 0 Å². The van der Waals surface area contributed by atoms with E-state index in [0.717, 1.165) is 16.3 Å². The molecule has 1 N–H and O–H groups in total. The fourth-order valence-electron chi connectivity index (χ4n) is 4.11. The van der Waals surface area contributed by atoms with Crippen molar-refractivity contribution in [1.29, 1.82) is 0 Å². The summed E-state index contributed by atoms with van der Waals surface area (Å²) < 4.78 is 26.4. The molecule has 1 aliphatic heterocycles. The molecule has 0 aromatic heterocycles. The van der Waals surface area contributed by atoms with E-state index in [0.29, 0.717) is 6.42 Å². The van der Waals surface area contributed by atoms with Crippen molar-refractivity contribution in [2.45, 2.75) is 70.0 Å². The van der Waals surface area contributed by atoms with Crippen LogP contribution in [0.1, 0.15) is 62.4 Å². The number of carbonyl (C=O) groups is 3. The SMILES string of the molecule is CC[C@@H](C)NC(=O)[C@H](CC)N(Cc1ccccc1)C(=O)CCCN1C(=O)c2ccccc2S1(=O)=O. The molecule has 0 fully saturated rings. The Bertz CT molecular complexity index is 1170. The standard InChI is InChI=1S/C26H33N3O5S/c1-4-19(3)27-25(31)22(5-2)28(18-20-12-7-6-8-13-20)24(30)16-11-17-29-26(32)21-14-9-10-15-23(21)35(29,33)34/h6-10,12-15,19,22H,4-5,11,16-18H2,1-3H3,(H,27,31)/t19-,22+/m1/s1. The summed E-state index contributed by atoms with van der Waals surface area (Å²) in [6, 6.07) is 14.9. The number of hydrogen-bond donors (Lipinski definition) is 1. The summed E-state index contributed by atoms with van der Waals surface area (Å²) in [5.41, 5.74) is 1.04. The van der Waals surface area contributed by atoms with E-state index in [9.17, 15) is 22.8 Å². The molecule has 9 heteroatoms. The number of amides is 3. The molecule has 2 aromatic rings. The van der Waals surface area contributed by atoms with Gasteiger partial charge in [-0.25, -0.2) is 12.7 Å². The van der Waals surface area contributed by atoms with Crippen molar-refractivity contribution in [3.8, 4) is 0 Å². The van der Waals surface area contributed by atoms with Crippen LogP contribution in [0.2, 0.25) is 0 Å². The van der Waals surface area contributed by atoms with E-state index in [4.69, 9.17) is 0 Å². The molecule has 0 unspecified atom stereocenters. The van der Waals surface area contributed by atoms with Gasteiger partial charge in [0.15, 0.2) is 0 Å². The van der Waals surface area contributed by atoms with Crippen molar-refractivity contribution >= 4 is 27.7 Å². The molecule has 0 spiro atoms. The van der Waals surface area contributed by atoms with Crippen LogP contribution in [-0.4, -0.2) is 54.0 Å². The van der Waals surface area contributed by atoms with Crippen molar-refractivity contribution in [2.24, 2.45) is 0 Å². The molecule has 2 aromatic carbocycles. The first-order valence-electron chi connectivity index (χ1n) is 12.0. The number of nitrogens with one attached hydrogen (secondary N) is 1. The third-order valence-corrected chi connectivity index (χ3v) is 8.09. The van der Waals surface area contributed by atoms with Crippen molar-refractivity contribution in [2.75, 3.05) is 6.54 Å². The molecule has 188 valence electrons. The van der Waals surface area contributed by atoms with Crippen molar-refractivity contribution in [1.82, 2.24) is 14.5 Å². The first-order chi connectivity index (χ1) is 16.7. The summed E-state index contributed by atoms with van der Waals surface area (Å²) >= 11 is 0. The molecule has 0 saturated carbocycles. The van der Waals surface area contributed by atoms with Crippen LogP contribution in [0.4, 0.5) is 0 Å². The van der Waals surface area contributed by atoms with Crippen LogP contribution in [0.25, 0.3) is 0 Å². The number of benzene rings is 2. The second-order valence-corrected chi connectivity index (χ2v) is 10.6. The van der Waals surface area contributed by atoms with Gasteiger partial charge in [0.25, 0.3) is 15.9 Å². The lowest BCUT2D eigenvalue weighted by Crippen LogP contribution is -2.50. The Kier molecular flexibility index (Phi) is 8.67. The van der Waals surface area contributed by atoms with Crippen LogP contribution in [0, 0.1) is 0 Å². The Labute approximate surface area is 207 Å². The minimum atomic E-state index is -3.92. The molecule has 8 nitrogen and oxygen atoms in total. The molecule has 0 aliphatic carbocycles. The van der Waals surface area contributed by atoms with Crippen LogP contribution in [-0.2, 0) is 26.2 Å². The molecule has 3 amide bonds. The zero-order chi connectivity index (χ0) is 25.6. The summed E-state index contributed by atoms with van der Waals surface area (Å²) in [5, 5.41) is 2.96. The van der Waals surface area contributed by atoms with Crippen LogP contribution in [0.3, 0.4) is 0 Å². The minimum Gasteiger partial charge on any atom is -0.352 e. The highest BCUT2D eigenvalue weighted by molar-refractivity contribution is 7.90. The van der Waals surface area contributed by atoms with Gasteiger partial charge in [0.1, 0.15) is 10.9 Å². The number of carbonyl (C=O) groups excluding carboxylic acids is 3. The predicted octanol–water partition coefficient (Wildman–Crippen LogP) is 3.33. The van der Waals surface area contributed by atoms with Gasteiger partial charge in [0.2, 0.25) is 11.8 Å². The Morgan fingerprint density at radius 1 is 1.00 bits per heavy atom. The first-order valence-corrected chi connectivity index (χ1v) is 13.4. The normalized spacial score (nSPS) is 15.9. The fourth-order valence-corrected chi connectivity index (χ4v) is 5.72.